The zero-order valence-electron chi connectivity index (χ0n) is 15.3. The van der Waals surface area contributed by atoms with Crippen LogP contribution in [0.1, 0.15) is 82.8 Å². The first kappa shape index (κ1) is 18.5. The Morgan fingerprint density at radius 3 is 2.30 bits per heavy atom. The molecule has 2 nitrogen and oxygen atoms in total. The second-order valence-corrected chi connectivity index (χ2v) is 7.32. The molecule has 0 aromatic heterocycles. The predicted molar refractivity (Wildman–Crippen MR) is 100 cm³/mol. The van der Waals surface area contributed by atoms with E-state index in [-0.39, 0.29) is 5.66 Å². The molecular weight excluding hydrogens is 280 g/mol. The molecule has 130 valence electrons. The Bertz CT molecular complexity index is 440. The molecule has 1 aliphatic heterocycles. The summed E-state index contributed by atoms with van der Waals surface area (Å²) in [5, 5.41) is 0. The van der Waals surface area contributed by atoms with Crippen molar-refractivity contribution in [2.45, 2.75) is 90.3 Å². The Balaban J connectivity index is 1.74. The van der Waals surface area contributed by atoms with Gasteiger partial charge >= 0.3 is 0 Å². The molecule has 0 aliphatic carbocycles. The van der Waals surface area contributed by atoms with Crippen LogP contribution in [0.4, 0.5) is 0 Å². The number of rotatable bonds is 10. The molecule has 2 N–H and O–H groups in total. The van der Waals surface area contributed by atoms with Crippen LogP contribution in [-0.2, 0) is 13.0 Å². The van der Waals surface area contributed by atoms with Crippen molar-refractivity contribution < 1.29 is 0 Å². The third kappa shape index (κ3) is 5.61. The van der Waals surface area contributed by atoms with Crippen molar-refractivity contribution in [2.75, 3.05) is 6.54 Å². The largest absolute Gasteiger partial charge is 0.313 e. The molecule has 0 bridgehead atoms. The van der Waals surface area contributed by atoms with Crippen LogP contribution in [0.2, 0.25) is 0 Å². The molecule has 0 saturated carbocycles. The van der Waals surface area contributed by atoms with Gasteiger partial charge in [-0.3, -0.25) is 4.90 Å². The molecule has 0 spiro atoms. The summed E-state index contributed by atoms with van der Waals surface area (Å²) < 4.78 is 0. The van der Waals surface area contributed by atoms with E-state index >= 15 is 0 Å². The Morgan fingerprint density at radius 2 is 1.61 bits per heavy atom. The molecule has 23 heavy (non-hydrogen) atoms. The van der Waals surface area contributed by atoms with Crippen molar-refractivity contribution in [3.63, 3.8) is 0 Å². The highest BCUT2D eigenvalue weighted by Gasteiger charge is 2.35. The lowest BCUT2D eigenvalue weighted by molar-refractivity contribution is 0.130. The molecule has 1 aromatic carbocycles. The van der Waals surface area contributed by atoms with Gasteiger partial charge < -0.3 is 5.73 Å². The zero-order chi connectivity index (χ0) is 16.5. The van der Waals surface area contributed by atoms with Gasteiger partial charge in [-0.1, -0.05) is 70.2 Å². The minimum absolute atomic E-state index is 0.0723. The number of likely N-dealkylation sites (tertiary alicyclic amines) is 1. The quantitative estimate of drug-likeness (QED) is 0.597. The van der Waals surface area contributed by atoms with E-state index in [4.69, 9.17) is 5.73 Å². The maximum Gasteiger partial charge on any atom is 0.0687 e. The number of nitrogens with zero attached hydrogens (tertiary/aromatic N) is 1. The van der Waals surface area contributed by atoms with E-state index in [1.54, 1.807) is 0 Å². The van der Waals surface area contributed by atoms with Gasteiger partial charge in [-0.15, -0.1) is 0 Å². The first-order chi connectivity index (χ1) is 11.2. The van der Waals surface area contributed by atoms with E-state index in [1.807, 2.05) is 0 Å². The van der Waals surface area contributed by atoms with Crippen molar-refractivity contribution in [1.29, 1.82) is 0 Å². The molecule has 2 rings (SSSR count). The summed E-state index contributed by atoms with van der Waals surface area (Å²) in [4.78, 5) is 2.47. The topological polar surface area (TPSA) is 29.3 Å². The number of hydrogen-bond acceptors (Lipinski definition) is 2. The number of benzene rings is 1. The van der Waals surface area contributed by atoms with Crippen LogP contribution in [0, 0.1) is 0 Å². The average molecular weight is 317 g/mol. The fraction of sp³-hybridized carbons (Fsp3) is 0.714. The monoisotopic (exact) mass is 316 g/mol. The molecule has 1 aromatic rings. The van der Waals surface area contributed by atoms with E-state index in [0.717, 1.165) is 25.9 Å². The van der Waals surface area contributed by atoms with Gasteiger partial charge in [0.15, 0.2) is 0 Å². The number of unbranched alkanes of at least 4 members (excludes halogenated alkanes) is 5. The van der Waals surface area contributed by atoms with Crippen molar-refractivity contribution in [2.24, 2.45) is 5.73 Å². The maximum absolute atomic E-state index is 6.52. The van der Waals surface area contributed by atoms with E-state index in [0.29, 0.717) is 0 Å². The second kappa shape index (κ2) is 9.44. The van der Waals surface area contributed by atoms with Crippen LogP contribution in [0.25, 0.3) is 0 Å². The van der Waals surface area contributed by atoms with Gasteiger partial charge in [-0.2, -0.15) is 0 Å². The summed E-state index contributed by atoms with van der Waals surface area (Å²) in [5.41, 5.74) is 9.34. The molecule has 0 radical (unpaired) electrons. The lowest BCUT2D eigenvalue weighted by Crippen LogP contribution is -2.50. The molecular formula is C21H36N2. The van der Waals surface area contributed by atoms with Crippen LogP contribution >= 0.6 is 0 Å². The van der Waals surface area contributed by atoms with Crippen LogP contribution in [0.5, 0.6) is 0 Å². The van der Waals surface area contributed by atoms with Gasteiger partial charge in [0.05, 0.1) is 5.66 Å². The highest BCUT2D eigenvalue weighted by atomic mass is 15.3. The summed E-state index contributed by atoms with van der Waals surface area (Å²) >= 11 is 0. The van der Waals surface area contributed by atoms with Crippen molar-refractivity contribution in [3.05, 3.63) is 35.4 Å². The molecule has 0 amide bonds. The molecule has 1 unspecified atom stereocenters. The summed E-state index contributed by atoms with van der Waals surface area (Å²) in [7, 11) is 0. The van der Waals surface area contributed by atoms with Crippen LogP contribution in [0.3, 0.4) is 0 Å². The maximum atomic E-state index is 6.52. The van der Waals surface area contributed by atoms with Crippen molar-refractivity contribution in [3.8, 4) is 0 Å². The summed E-state index contributed by atoms with van der Waals surface area (Å²) in [6.07, 6.45) is 12.9. The van der Waals surface area contributed by atoms with Gasteiger partial charge in [0.25, 0.3) is 0 Å². The van der Waals surface area contributed by atoms with Crippen LogP contribution in [-0.4, -0.2) is 17.1 Å². The minimum Gasteiger partial charge on any atom is -0.313 e. The molecule has 1 fully saturated rings. The molecule has 1 atom stereocenters. The van der Waals surface area contributed by atoms with E-state index in [1.165, 1.54) is 62.5 Å². The average Bonchev–Trinajstić information content (AvgIpc) is 2.94. The smallest absolute Gasteiger partial charge is 0.0687 e. The first-order valence-corrected chi connectivity index (χ1v) is 9.79. The van der Waals surface area contributed by atoms with Crippen LogP contribution < -0.4 is 5.73 Å². The second-order valence-electron chi connectivity index (χ2n) is 7.32. The van der Waals surface area contributed by atoms with Gasteiger partial charge in [0.1, 0.15) is 0 Å². The van der Waals surface area contributed by atoms with Crippen LogP contribution in [0.15, 0.2) is 24.3 Å². The normalized spacial score (nSPS) is 21.9. The fourth-order valence-electron chi connectivity index (χ4n) is 3.73. The number of nitrogens with two attached hydrogens (primary N) is 1. The standard InChI is InChI=1S/C21H36N2/c1-3-5-6-7-8-9-11-19-12-14-20(15-13-19)18-23-17-10-16-21(23,22)4-2/h12-15H,3-11,16-18,22H2,1-2H3. The summed E-state index contributed by atoms with van der Waals surface area (Å²) in [6, 6.07) is 9.25. The van der Waals surface area contributed by atoms with Gasteiger partial charge in [0, 0.05) is 13.1 Å². The third-order valence-corrected chi connectivity index (χ3v) is 5.50. The molecule has 1 aliphatic rings. The van der Waals surface area contributed by atoms with E-state index < -0.39 is 0 Å². The first-order valence-electron chi connectivity index (χ1n) is 9.79. The highest BCUT2D eigenvalue weighted by molar-refractivity contribution is 5.23. The van der Waals surface area contributed by atoms with E-state index in [2.05, 4.69) is 43.0 Å². The van der Waals surface area contributed by atoms with E-state index in [9.17, 15) is 0 Å². The zero-order valence-corrected chi connectivity index (χ0v) is 15.3. The van der Waals surface area contributed by atoms with Gasteiger partial charge in [0.2, 0.25) is 0 Å². The Kier molecular flexibility index (Phi) is 7.58. The third-order valence-electron chi connectivity index (χ3n) is 5.50. The van der Waals surface area contributed by atoms with Crippen molar-refractivity contribution in [1.82, 2.24) is 4.90 Å². The van der Waals surface area contributed by atoms with Crippen molar-refractivity contribution >= 4 is 0 Å². The Hall–Kier alpha value is -0.860. The molecule has 2 heteroatoms. The minimum atomic E-state index is -0.0723. The Labute approximate surface area is 143 Å². The highest BCUT2D eigenvalue weighted by Crippen LogP contribution is 2.28. The summed E-state index contributed by atoms with van der Waals surface area (Å²) in [6.45, 7) is 6.63. The fourth-order valence-corrected chi connectivity index (χ4v) is 3.73. The predicted octanol–water partition coefficient (Wildman–Crippen LogP) is 5.25. The Morgan fingerprint density at radius 1 is 0.957 bits per heavy atom. The number of aryl methyl sites for hydroxylation is 1. The molecule has 1 heterocycles. The van der Waals surface area contributed by atoms with Gasteiger partial charge in [-0.05, 0) is 43.2 Å². The summed E-state index contributed by atoms with van der Waals surface area (Å²) in [5.74, 6) is 0. The number of hydrogen-bond donors (Lipinski definition) is 1. The van der Waals surface area contributed by atoms with Gasteiger partial charge in [-0.25, -0.2) is 0 Å². The lowest BCUT2D eigenvalue weighted by atomic mass is 10.0. The SMILES string of the molecule is CCCCCCCCc1ccc(CN2CCCC2(N)CC)cc1. The molecule has 1 saturated heterocycles. The lowest BCUT2D eigenvalue weighted by Gasteiger charge is -2.34.